The highest BCUT2D eigenvalue weighted by Gasteiger charge is 2.33. The number of aliphatic hydroxyl groups is 4. The molecule has 0 fully saturated rings. The molecule has 9 heteroatoms. The number of aromatic hydroxyl groups is 3. The molecule has 2 aromatic carbocycles. The highest BCUT2D eigenvalue weighted by molar-refractivity contribution is 6.08. The molecule has 3 atom stereocenters. The Kier molecular flexibility index (Phi) is 9.33. The first kappa shape index (κ1) is 30.4. The molecule has 214 valence electrons. The smallest absolute Gasteiger partial charge is 0.258 e. The van der Waals surface area contributed by atoms with Gasteiger partial charge in [-0.2, -0.15) is 0 Å². The number of carbonyl (C=O) groups is 1. The maximum Gasteiger partial charge on any atom is 0.258 e. The van der Waals surface area contributed by atoms with Crippen LogP contribution >= 0.6 is 0 Å². The molecule has 1 heterocycles. The van der Waals surface area contributed by atoms with Gasteiger partial charge in [-0.1, -0.05) is 17.7 Å². The predicted molar refractivity (Wildman–Crippen MR) is 148 cm³/mol. The highest BCUT2D eigenvalue weighted by atomic mass is 16.3. The lowest BCUT2D eigenvalue weighted by molar-refractivity contribution is -0.0946. The molecule has 7 N–H and O–H groups in total. The van der Waals surface area contributed by atoms with Crippen molar-refractivity contribution in [2.24, 2.45) is 0 Å². The Morgan fingerprint density at radius 1 is 0.974 bits per heavy atom. The van der Waals surface area contributed by atoms with E-state index in [0.29, 0.717) is 41.6 Å². The SMILES string of the molecule is C/C(=C\CN1C(=O)c2cccc(O)c2CCc2c(O)cc(O)cc21)CCC(O)C(C)(O)CCC(O)C(C)(C)O. The fourth-order valence-electron chi connectivity index (χ4n) is 4.82. The Labute approximate surface area is 229 Å². The topological polar surface area (TPSA) is 162 Å². The molecule has 0 radical (unpaired) electrons. The zero-order chi connectivity index (χ0) is 29.1. The molecule has 0 bridgehead atoms. The summed E-state index contributed by atoms with van der Waals surface area (Å²) in [6.07, 6.45) is 1.25. The number of aliphatic hydroxyl groups excluding tert-OH is 2. The molecule has 39 heavy (non-hydrogen) atoms. The maximum absolute atomic E-state index is 13.6. The summed E-state index contributed by atoms with van der Waals surface area (Å²) >= 11 is 0. The van der Waals surface area contributed by atoms with E-state index < -0.39 is 23.4 Å². The zero-order valence-corrected chi connectivity index (χ0v) is 23.1. The van der Waals surface area contributed by atoms with Crippen LogP contribution in [0.1, 0.15) is 74.9 Å². The Hall–Kier alpha value is -3.11. The number of rotatable bonds is 10. The number of fused-ring (bicyclic) bond motifs is 2. The van der Waals surface area contributed by atoms with Crippen LogP contribution in [0.25, 0.3) is 0 Å². The van der Waals surface area contributed by atoms with E-state index in [2.05, 4.69) is 0 Å². The number of anilines is 1. The van der Waals surface area contributed by atoms with Crippen molar-refractivity contribution in [3.05, 3.63) is 58.7 Å². The number of hydrogen-bond acceptors (Lipinski definition) is 8. The lowest BCUT2D eigenvalue weighted by atomic mass is 9.86. The van der Waals surface area contributed by atoms with E-state index >= 15 is 0 Å². The molecule has 0 saturated heterocycles. The van der Waals surface area contributed by atoms with E-state index in [4.69, 9.17) is 0 Å². The first-order chi connectivity index (χ1) is 18.1. The number of amides is 1. The molecule has 0 aromatic heterocycles. The fourth-order valence-corrected chi connectivity index (χ4v) is 4.82. The normalized spacial score (nSPS) is 17.5. The van der Waals surface area contributed by atoms with Crippen LogP contribution in [0, 0.1) is 0 Å². The molecule has 9 nitrogen and oxygen atoms in total. The van der Waals surface area contributed by atoms with Gasteiger partial charge in [0.25, 0.3) is 5.91 Å². The van der Waals surface area contributed by atoms with Gasteiger partial charge in [0.1, 0.15) is 17.2 Å². The molecule has 3 unspecified atom stereocenters. The summed E-state index contributed by atoms with van der Waals surface area (Å²) in [5.41, 5.74) is -0.232. The maximum atomic E-state index is 13.6. The molecular weight excluding hydrogens is 502 g/mol. The number of benzene rings is 2. The molecule has 0 aliphatic carbocycles. The van der Waals surface area contributed by atoms with E-state index in [1.165, 1.54) is 43.9 Å². The predicted octanol–water partition coefficient (Wildman–Crippen LogP) is 3.30. The molecule has 0 saturated carbocycles. The van der Waals surface area contributed by atoms with Crippen LogP contribution in [-0.4, -0.2) is 71.6 Å². The van der Waals surface area contributed by atoms with Crippen LogP contribution in [0.5, 0.6) is 17.2 Å². The Balaban J connectivity index is 1.77. The second kappa shape index (κ2) is 12.0. The Bertz CT molecular complexity index is 1210. The van der Waals surface area contributed by atoms with Gasteiger partial charge >= 0.3 is 0 Å². The van der Waals surface area contributed by atoms with E-state index in [1.54, 1.807) is 12.1 Å². The number of allylic oxidation sites excluding steroid dienone is 1. The standard InChI is InChI=1S/C30H41NO8/c1-18(8-11-27(36)30(4,39)14-12-26(35)29(2,3)38)13-15-31-23-16-19(32)17-25(34)22(23)10-9-20-21(28(31)37)6-5-7-24(20)33/h5-7,13,16-17,26-27,32-36,38-39H,8-12,14-15H2,1-4H3/b18-13+. The van der Waals surface area contributed by atoms with Gasteiger partial charge in [0.15, 0.2) is 0 Å². The van der Waals surface area contributed by atoms with Gasteiger partial charge in [-0.3, -0.25) is 4.79 Å². The van der Waals surface area contributed by atoms with Crippen molar-refractivity contribution in [3.8, 4) is 17.2 Å². The summed E-state index contributed by atoms with van der Waals surface area (Å²) in [4.78, 5) is 15.1. The number of nitrogens with zero attached hydrogens (tertiary/aromatic N) is 1. The third kappa shape index (κ3) is 7.30. The number of phenols is 3. The summed E-state index contributed by atoms with van der Waals surface area (Å²) in [7, 11) is 0. The number of hydrogen-bond donors (Lipinski definition) is 7. The van der Waals surface area contributed by atoms with Crippen LogP contribution in [0.15, 0.2) is 42.0 Å². The second-order valence-corrected chi connectivity index (χ2v) is 11.4. The number of phenolic OH excluding ortho intramolecular Hbond substituents is 3. The number of carbonyl (C=O) groups excluding carboxylic acids is 1. The van der Waals surface area contributed by atoms with Crippen LogP contribution in [0.4, 0.5) is 5.69 Å². The van der Waals surface area contributed by atoms with Gasteiger partial charge < -0.3 is 40.6 Å². The van der Waals surface area contributed by atoms with Crippen molar-refractivity contribution in [2.45, 2.75) is 89.6 Å². The van der Waals surface area contributed by atoms with Crippen molar-refractivity contribution >= 4 is 11.6 Å². The van der Waals surface area contributed by atoms with Crippen LogP contribution < -0.4 is 4.90 Å². The summed E-state index contributed by atoms with van der Waals surface area (Å²) in [5, 5.41) is 72.4. The van der Waals surface area contributed by atoms with Crippen LogP contribution in [0.2, 0.25) is 0 Å². The van der Waals surface area contributed by atoms with Gasteiger partial charge in [-0.05, 0) is 78.4 Å². The van der Waals surface area contributed by atoms with Crippen molar-refractivity contribution in [2.75, 3.05) is 11.4 Å². The minimum Gasteiger partial charge on any atom is -0.508 e. The van der Waals surface area contributed by atoms with Gasteiger partial charge in [-0.15, -0.1) is 0 Å². The summed E-state index contributed by atoms with van der Waals surface area (Å²) < 4.78 is 0. The van der Waals surface area contributed by atoms with Crippen molar-refractivity contribution < 1.29 is 40.5 Å². The van der Waals surface area contributed by atoms with Gasteiger partial charge in [0, 0.05) is 35.4 Å². The minimum atomic E-state index is -1.47. The molecular formula is C30H41NO8. The third-order valence-corrected chi connectivity index (χ3v) is 7.62. The second-order valence-electron chi connectivity index (χ2n) is 11.4. The summed E-state index contributed by atoms with van der Waals surface area (Å²) in [5.74, 6) is -0.696. The quantitative estimate of drug-likeness (QED) is 0.225. The lowest BCUT2D eigenvalue weighted by Gasteiger charge is -2.32. The van der Waals surface area contributed by atoms with Gasteiger partial charge in [0.2, 0.25) is 0 Å². The van der Waals surface area contributed by atoms with Crippen LogP contribution in [0.3, 0.4) is 0 Å². The van der Waals surface area contributed by atoms with E-state index in [1.807, 2.05) is 13.0 Å². The average Bonchev–Trinajstić information content (AvgIpc) is 2.84. The van der Waals surface area contributed by atoms with E-state index in [9.17, 15) is 40.5 Å². The monoisotopic (exact) mass is 543 g/mol. The van der Waals surface area contributed by atoms with E-state index in [-0.39, 0.29) is 49.0 Å². The van der Waals surface area contributed by atoms with Crippen molar-refractivity contribution in [1.29, 1.82) is 0 Å². The first-order valence-electron chi connectivity index (χ1n) is 13.3. The Morgan fingerprint density at radius 3 is 2.31 bits per heavy atom. The first-order valence-corrected chi connectivity index (χ1v) is 13.3. The van der Waals surface area contributed by atoms with E-state index in [0.717, 1.165) is 5.57 Å². The summed E-state index contributed by atoms with van der Waals surface area (Å²) in [6, 6.07) is 7.42. The summed E-state index contributed by atoms with van der Waals surface area (Å²) in [6.45, 7) is 6.41. The highest BCUT2D eigenvalue weighted by Crippen LogP contribution is 2.38. The van der Waals surface area contributed by atoms with Crippen molar-refractivity contribution in [1.82, 2.24) is 0 Å². The largest absolute Gasteiger partial charge is 0.508 e. The molecule has 1 aliphatic heterocycles. The lowest BCUT2D eigenvalue weighted by Crippen LogP contribution is -2.42. The fraction of sp³-hybridized carbons (Fsp3) is 0.500. The third-order valence-electron chi connectivity index (χ3n) is 7.62. The molecule has 3 rings (SSSR count). The van der Waals surface area contributed by atoms with Gasteiger partial charge in [-0.25, -0.2) is 0 Å². The Morgan fingerprint density at radius 2 is 1.64 bits per heavy atom. The average molecular weight is 544 g/mol. The molecule has 1 amide bonds. The zero-order valence-electron chi connectivity index (χ0n) is 23.1. The molecule has 0 spiro atoms. The minimum absolute atomic E-state index is 0.00496. The molecule has 1 aliphatic rings. The van der Waals surface area contributed by atoms with Crippen LogP contribution in [-0.2, 0) is 12.8 Å². The van der Waals surface area contributed by atoms with Gasteiger partial charge in [0.05, 0.1) is 29.1 Å². The van der Waals surface area contributed by atoms with Crippen molar-refractivity contribution in [3.63, 3.8) is 0 Å². The molecule has 2 aromatic rings.